The molecular formula is C19H25N5O2. The third-order valence-electron chi connectivity index (χ3n) is 5.69. The third kappa shape index (κ3) is 2.96. The van der Waals surface area contributed by atoms with E-state index in [0.717, 1.165) is 38.0 Å². The van der Waals surface area contributed by atoms with Gasteiger partial charge in [-0.3, -0.25) is 9.59 Å². The number of aromatic nitrogens is 2. The minimum Gasteiger partial charge on any atom is -0.338 e. The van der Waals surface area contributed by atoms with Crippen molar-refractivity contribution in [2.75, 3.05) is 33.2 Å². The maximum Gasteiger partial charge on any atom is 0.257 e. The number of hydrogen-bond donors (Lipinski definition) is 1. The molecule has 2 atom stereocenters. The van der Waals surface area contributed by atoms with Crippen molar-refractivity contribution in [2.24, 2.45) is 5.92 Å². The Morgan fingerprint density at radius 2 is 2.23 bits per heavy atom. The van der Waals surface area contributed by atoms with Crippen molar-refractivity contribution >= 4 is 17.3 Å². The highest BCUT2D eigenvalue weighted by atomic mass is 16.2. The smallest absolute Gasteiger partial charge is 0.257 e. The SMILES string of the molecule is CNCCN1C(=O)CC[C@H]2CN(C(=O)c3cnn4ccccc34)CC[C@H]21. The molecule has 0 unspecified atom stereocenters. The number of likely N-dealkylation sites (tertiary alicyclic amines) is 2. The van der Waals surface area contributed by atoms with E-state index in [1.165, 1.54) is 0 Å². The van der Waals surface area contributed by atoms with E-state index in [0.29, 0.717) is 24.4 Å². The van der Waals surface area contributed by atoms with E-state index >= 15 is 0 Å². The summed E-state index contributed by atoms with van der Waals surface area (Å²) in [4.78, 5) is 29.3. The normalized spacial score (nSPS) is 23.3. The Labute approximate surface area is 152 Å². The maximum atomic E-state index is 13.0. The Morgan fingerprint density at radius 3 is 3.08 bits per heavy atom. The lowest BCUT2D eigenvalue weighted by Crippen LogP contribution is -2.57. The first-order chi connectivity index (χ1) is 12.7. The number of fused-ring (bicyclic) bond motifs is 2. The van der Waals surface area contributed by atoms with Gasteiger partial charge in [0, 0.05) is 44.8 Å². The van der Waals surface area contributed by atoms with Crippen LogP contribution in [0.3, 0.4) is 0 Å². The van der Waals surface area contributed by atoms with Crippen LogP contribution in [-0.2, 0) is 4.79 Å². The summed E-state index contributed by atoms with van der Waals surface area (Å²) in [6, 6.07) is 6.01. The molecule has 4 heterocycles. The molecule has 2 aromatic rings. The van der Waals surface area contributed by atoms with Crippen LogP contribution in [0.15, 0.2) is 30.6 Å². The number of amides is 2. The average molecular weight is 355 g/mol. The van der Waals surface area contributed by atoms with Crippen molar-refractivity contribution in [2.45, 2.75) is 25.3 Å². The van der Waals surface area contributed by atoms with Gasteiger partial charge in [0.05, 0.1) is 17.3 Å². The van der Waals surface area contributed by atoms with Crippen molar-refractivity contribution in [3.05, 3.63) is 36.2 Å². The molecule has 2 amide bonds. The van der Waals surface area contributed by atoms with E-state index in [4.69, 9.17) is 0 Å². The number of rotatable bonds is 4. The molecule has 0 spiro atoms. The summed E-state index contributed by atoms with van der Waals surface area (Å²) in [6.07, 6.45) is 5.82. The second-order valence-corrected chi connectivity index (χ2v) is 7.19. The lowest BCUT2D eigenvalue weighted by Gasteiger charge is -2.47. The van der Waals surface area contributed by atoms with Gasteiger partial charge in [-0.2, -0.15) is 5.10 Å². The topological polar surface area (TPSA) is 70.0 Å². The largest absolute Gasteiger partial charge is 0.338 e. The second kappa shape index (κ2) is 7.07. The van der Waals surface area contributed by atoms with Gasteiger partial charge in [-0.05, 0) is 37.9 Å². The number of likely N-dealkylation sites (N-methyl/N-ethyl adjacent to an activating group) is 1. The molecular weight excluding hydrogens is 330 g/mol. The molecule has 0 radical (unpaired) electrons. The van der Waals surface area contributed by atoms with Crippen LogP contribution in [0.5, 0.6) is 0 Å². The van der Waals surface area contributed by atoms with Gasteiger partial charge in [0.2, 0.25) is 5.91 Å². The minimum absolute atomic E-state index is 0.0447. The van der Waals surface area contributed by atoms with Gasteiger partial charge in [-0.25, -0.2) is 4.52 Å². The summed E-state index contributed by atoms with van der Waals surface area (Å²) >= 11 is 0. The summed E-state index contributed by atoms with van der Waals surface area (Å²) in [5.74, 6) is 0.663. The highest BCUT2D eigenvalue weighted by molar-refractivity contribution is 6.00. The van der Waals surface area contributed by atoms with Crippen LogP contribution in [0.1, 0.15) is 29.6 Å². The highest BCUT2D eigenvalue weighted by Gasteiger charge is 2.40. The molecule has 7 heteroatoms. The van der Waals surface area contributed by atoms with Crippen molar-refractivity contribution in [1.29, 1.82) is 0 Å². The van der Waals surface area contributed by atoms with Crippen molar-refractivity contribution in [3.8, 4) is 0 Å². The van der Waals surface area contributed by atoms with Gasteiger partial charge in [-0.15, -0.1) is 0 Å². The predicted octanol–water partition coefficient (Wildman–Crippen LogP) is 1.01. The number of nitrogens with one attached hydrogen (secondary N) is 1. The molecule has 2 aromatic heterocycles. The van der Waals surface area contributed by atoms with Gasteiger partial charge < -0.3 is 15.1 Å². The molecule has 0 aliphatic carbocycles. The van der Waals surface area contributed by atoms with Gasteiger partial charge >= 0.3 is 0 Å². The second-order valence-electron chi connectivity index (χ2n) is 7.19. The molecule has 0 saturated carbocycles. The zero-order valence-corrected chi connectivity index (χ0v) is 15.1. The Hall–Kier alpha value is -2.41. The molecule has 0 aromatic carbocycles. The molecule has 2 aliphatic rings. The number of carbonyl (C=O) groups is 2. The van der Waals surface area contributed by atoms with E-state index in [1.807, 2.05) is 41.2 Å². The van der Waals surface area contributed by atoms with Gasteiger partial charge in [0.15, 0.2) is 0 Å². The highest BCUT2D eigenvalue weighted by Crippen LogP contribution is 2.32. The molecule has 4 rings (SSSR count). The van der Waals surface area contributed by atoms with Crippen LogP contribution in [0.25, 0.3) is 5.52 Å². The summed E-state index contributed by atoms with van der Waals surface area (Å²) in [7, 11) is 1.91. The lowest BCUT2D eigenvalue weighted by atomic mass is 9.83. The zero-order chi connectivity index (χ0) is 18.1. The van der Waals surface area contributed by atoms with Gasteiger partial charge in [0.25, 0.3) is 5.91 Å². The van der Waals surface area contributed by atoms with Crippen LogP contribution in [-0.4, -0.2) is 70.5 Å². The fourth-order valence-electron chi connectivity index (χ4n) is 4.33. The quantitative estimate of drug-likeness (QED) is 0.889. The fraction of sp³-hybridized carbons (Fsp3) is 0.526. The summed E-state index contributed by atoms with van der Waals surface area (Å²) in [5, 5.41) is 7.41. The first-order valence-electron chi connectivity index (χ1n) is 9.34. The van der Waals surface area contributed by atoms with Crippen LogP contribution in [0, 0.1) is 5.92 Å². The van der Waals surface area contributed by atoms with Crippen molar-refractivity contribution < 1.29 is 9.59 Å². The molecule has 0 bridgehead atoms. The van der Waals surface area contributed by atoms with Crippen LogP contribution in [0.2, 0.25) is 0 Å². The van der Waals surface area contributed by atoms with Crippen LogP contribution in [0.4, 0.5) is 0 Å². The molecule has 138 valence electrons. The molecule has 7 nitrogen and oxygen atoms in total. The Morgan fingerprint density at radius 1 is 1.35 bits per heavy atom. The Kier molecular flexibility index (Phi) is 4.63. The monoisotopic (exact) mass is 355 g/mol. The van der Waals surface area contributed by atoms with Crippen LogP contribution >= 0.6 is 0 Å². The van der Waals surface area contributed by atoms with Crippen molar-refractivity contribution in [3.63, 3.8) is 0 Å². The zero-order valence-electron chi connectivity index (χ0n) is 15.1. The van der Waals surface area contributed by atoms with E-state index in [9.17, 15) is 9.59 Å². The number of carbonyl (C=O) groups excluding carboxylic acids is 2. The summed E-state index contributed by atoms with van der Waals surface area (Å²) in [6.45, 7) is 2.96. The standard InChI is InChI=1S/C19H25N5O2/c1-20-8-11-23-16-7-10-22(13-14(16)5-6-18(23)25)19(26)15-12-21-24-9-3-2-4-17(15)24/h2-4,9,12,14,16,20H,5-8,10-11,13H2,1H3/t14-,16+/m0/s1. The summed E-state index contributed by atoms with van der Waals surface area (Å²) < 4.78 is 1.73. The third-order valence-corrected chi connectivity index (χ3v) is 5.69. The molecule has 26 heavy (non-hydrogen) atoms. The van der Waals surface area contributed by atoms with Crippen LogP contribution < -0.4 is 5.32 Å². The van der Waals surface area contributed by atoms with Gasteiger partial charge in [-0.1, -0.05) is 6.07 Å². The Bertz CT molecular complexity index is 817. The lowest BCUT2D eigenvalue weighted by molar-refractivity contribution is -0.140. The van der Waals surface area contributed by atoms with Gasteiger partial charge in [0.1, 0.15) is 0 Å². The molecule has 2 saturated heterocycles. The number of hydrogen-bond acceptors (Lipinski definition) is 4. The average Bonchev–Trinajstić information content (AvgIpc) is 3.10. The first-order valence-corrected chi connectivity index (χ1v) is 9.34. The predicted molar refractivity (Wildman–Crippen MR) is 97.9 cm³/mol. The summed E-state index contributed by atoms with van der Waals surface area (Å²) in [5.41, 5.74) is 1.50. The number of nitrogens with zero attached hydrogens (tertiary/aromatic N) is 4. The molecule has 1 N–H and O–H groups in total. The van der Waals surface area contributed by atoms with E-state index in [2.05, 4.69) is 10.4 Å². The number of piperidine rings is 2. The van der Waals surface area contributed by atoms with E-state index < -0.39 is 0 Å². The van der Waals surface area contributed by atoms with Crippen molar-refractivity contribution in [1.82, 2.24) is 24.7 Å². The maximum absolute atomic E-state index is 13.0. The minimum atomic E-state index is 0.0447. The fourth-order valence-corrected chi connectivity index (χ4v) is 4.33. The number of pyridine rings is 1. The Balaban J connectivity index is 1.49. The first kappa shape index (κ1) is 17.0. The van der Waals surface area contributed by atoms with E-state index in [-0.39, 0.29) is 17.9 Å². The molecule has 2 fully saturated rings. The molecule has 2 aliphatic heterocycles. The van der Waals surface area contributed by atoms with E-state index in [1.54, 1.807) is 10.7 Å².